The first-order valence-corrected chi connectivity index (χ1v) is 6.43. The van der Waals surface area contributed by atoms with Gasteiger partial charge in [-0.15, -0.1) is 0 Å². The van der Waals surface area contributed by atoms with Gasteiger partial charge in [0.15, 0.2) is 6.61 Å². The molecule has 0 aliphatic rings. The molecule has 0 unspecified atom stereocenters. The highest BCUT2D eigenvalue weighted by Crippen LogP contribution is 2.14. The molecule has 2 rings (SSSR count). The van der Waals surface area contributed by atoms with Crippen LogP contribution < -0.4 is 5.32 Å². The molecule has 0 radical (unpaired) electrons. The minimum Gasteiger partial charge on any atom is -0.450 e. The summed E-state index contributed by atoms with van der Waals surface area (Å²) in [5, 5.41) is 6.23. The number of rotatable bonds is 4. The smallest absolute Gasteiger partial charge is 0.377 e. The lowest BCUT2D eigenvalue weighted by atomic mass is 10.1. The van der Waals surface area contributed by atoms with Crippen molar-refractivity contribution < 1.29 is 18.8 Å². The Kier molecular flexibility index (Phi) is 4.37. The number of carbonyl (C=O) groups excluding carboxylic acids is 2. The predicted molar refractivity (Wildman–Crippen MR) is 76.1 cm³/mol. The predicted octanol–water partition coefficient (Wildman–Crippen LogP) is 2.40. The van der Waals surface area contributed by atoms with Gasteiger partial charge in [-0.3, -0.25) is 4.79 Å². The van der Waals surface area contributed by atoms with E-state index in [4.69, 9.17) is 9.26 Å². The number of carbonyl (C=O) groups is 2. The number of ether oxygens (including phenoxy) is 1. The first-order chi connectivity index (χ1) is 9.95. The van der Waals surface area contributed by atoms with Crippen LogP contribution >= 0.6 is 0 Å². The Bertz CT molecular complexity index is 676. The van der Waals surface area contributed by atoms with Gasteiger partial charge in [0.1, 0.15) is 0 Å². The maximum absolute atomic E-state index is 11.7. The molecule has 6 heteroatoms. The van der Waals surface area contributed by atoms with Crippen LogP contribution in [0.2, 0.25) is 0 Å². The molecule has 0 bridgehead atoms. The first kappa shape index (κ1) is 14.8. The summed E-state index contributed by atoms with van der Waals surface area (Å²) in [6.07, 6.45) is 0. The Labute approximate surface area is 122 Å². The summed E-state index contributed by atoms with van der Waals surface area (Å²) < 4.78 is 9.59. The quantitative estimate of drug-likeness (QED) is 0.874. The van der Waals surface area contributed by atoms with Crippen molar-refractivity contribution in [3.8, 4) is 0 Å². The number of nitrogens with one attached hydrogen (secondary N) is 1. The van der Waals surface area contributed by atoms with E-state index in [1.165, 1.54) is 6.07 Å². The number of amides is 1. The zero-order chi connectivity index (χ0) is 15.4. The van der Waals surface area contributed by atoms with E-state index in [9.17, 15) is 9.59 Å². The third-order valence-electron chi connectivity index (χ3n) is 2.95. The number of benzene rings is 1. The average Bonchev–Trinajstić information content (AvgIpc) is 2.87. The maximum Gasteiger partial charge on any atom is 0.377 e. The molecule has 0 atom stereocenters. The van der Waals surface area contributed by atoms with Crippen LogP contribution in [0.4, 0.5) is 5.69 Å². The fourth-order valence-corrected chi connectivity index (χ4v) is 1.68. The molecule has 1 aromatic carbocycles. The van der Waals surface area contributed by atoms with Gasteiger partial charge in [0.05, 0.1) is 5.69 Å². The fraction of sp³-hybridized carbons (Fsp3) is 0.267. The molecule has 0 aliphatic heterocycles. The fourth-order valence-electron chi connectivity index (χ4n) is 1.68. The number of esters is 1. The van der Waals surface area contributed by atoms with E-state index >= 15 is 0 Å². The highest BCUT2D eigenvalue weighted by Gasteiger charge is 2.15. The number of anilines is 1. The van der Waals surface area contributed by atoms with Crippen molar-refractivity contribution in [1.82, 2.24) is 5.16 Å². The van der Waals surface area contributed by atoms with Crippen molar-refractivity contribution in [2.24, 2.45) is 0 Å². The molecule has 0 fully saturated rings. The van der Waals surface area contributed by atoms with Gasteiger partial charge in [0.2, 0.25) is 5.76 Å². The third kappa shape index (κ3) is 3.92. The summed E-state index contributed by atoms with van der Waals surface area (Å²) in [5.74, 6) is -1.15. The minimum absolute atomic E-state index is 0.0218. The molecule has 2 aromatic rings. The van der Waals surface area contributed by atoms with Crippen molar-refractivity contribution >= 4 is 17.6 Å². The lowest BCUT2D eigenvalue weighted by Gasteiger charge is -2.07. The molecule has 21 heavy (non-hydrogen) atoms. The monoisotopic (exact) mass is 288 g/mol. The van der Waals surface area contributed by atoms with Crippen LogP contribution in [-0.2, 0) is 9.53 Å². The van der Waals surface area contributed by atoms with E-state index in [1.807, 2.05) is 26.0 Å². The summed E-state index contributed by atoms with van der Waals surface area (Å²) in [5.41, 5.74) is 3.44. The number of hydrogen-bond acceptors (Lipinski definition) is 5. The molecular formula is C15H16N2O4. The van der Waals surface area contributed by atoms with Crippen molar-refractivity contribution in [2.75, 3.05) is 11.9 Å². The molecule has 1 aromatic heterocycles. The second-order valence-corrected chi connectivity index (χ2v) is 4.76. The Morgan fingerprint density at radius 3 is 2.57 bits per heavy atom. The zero-order valence-electron chi connectivity index (χ0n) is 12.1. The number of hydrogen-bond donors (Lipinski definition) is 1. The Morgan fingerprint density at radius 2 is 1.95 bits per heavy atom. The molecule has 0 saturated heterocycles. The van der Waals surface area contributed by atoms with E-state index in [1.54, 1.807) is 13.0 Å². The minimum atomic E-state index is -0.717. The van der Waals surface area contributed by atoms with E-state index < -0.39 is 11.9 Å². The van der Waals surface area contributed by atoms with Gasteiger partial charge in [0, 0.05) is 11.8 Å². The van der Waals surface area contributed by atoms with E-state index in [0.29, 0.717) is 11.4 Å². The molecule has 6 nitrogen and oxygen atoms in total. The SMILES string of the molecule is Cc1cc(C(=O)OCC(=O)Nc2ccc(C)c(C)c2)on1. The average molecular weight is 288 g/mol. The van der Waals surface area contributed by atoms with Crippen LogP contribution in [-0.4, -0.2) is 23.6 Å². The van der Waals surface area contributed by atoms with Crippen LogP contribution in [0.25, 0.3) is 0 Å². The Hall–Kier alpha value is -2.63. The Morgan fingerprint density at radius 1 is 1.19 bits per heavy atom. The van der Waals surface area contributed by atoms with Gasteiger partial charge < -0.3 is 14.6 Å². The lowest BCUT2D eigenvalue weighted by molar-refractivity contribution is -0.119. The van der Waals surface area contributed by atoms with Gasteiger partial charge in [-0.05, 0) is 44.0 Å². The molecular weight excluding hydrogens is 272 g/mol. The molecule has 0 saturated carbocycles. The number of nitrogens with zero attached hydrogens (tertiary/aromatic N) is 1. The summed E-state index contributed by atoms with van der Waals surface area (Å²) in [4.78, 5) is 23.3. The van der Waals surface area contributed by atoms with Crippen LogP contribution in [0.5, 0.6) is 0 Å². The first-order valence-electron chi connectivity index (χ1n) is 6.43. The highest BCUT2D eigenvalue weighted by molar-refractivity contribution is 5.94. The van der Waals surface area contributed by atoms with Gasteiger partial charge in [-0.25, -0.2) is 4.79 Å². The van der Waals surface area contributed by atoms with Crippen molar-refractivity contribution in [3.05, 3.63) is 46.8 Å². The van der Waals surface area contributed by atoms with Crippen LogP contribution in [0, 0.1) is 20.8 Å². The zero-order valence-corrected chi connectivity index (χ0v) is 12.1. The normalized spacial score (nSPS) is 10.2. The highest BCUT2D eigenvalue weighted by atomic mass is 16.6. The van der Waals surface area contributed by atoms with E-state index in [-0.39, 0.29) is 12.4 Å². The molecule has 1 N–H and O–H groups in total. The standard InChI is InChI=1S/C15H16N2O4/c1-9-4-5-12(6-10(9)2)16-14(18)8-20-15(19)13-7-11(3)17-21-13/h4-7H,8H2,1-3H3,(H,16,18). The van der Waals surface area contributed by atoms with Gasteiger partial charge in [-0.2, -0.15) is 0 Å². The van der Waals surface area contributed by atoms with Crippen molar-refractivity contribution in [1.29, 1.82) is 0 Å². The molecule has 110 valence electrons. The van der Waals surface area contributed by atoms with Crippen LogP contribution in [0.1, 0.15) is 27.4 Å². The largest absolute Gasteiger partial charge is 0.450 e. The number of aryl methyl sites for hydroxylation is 3. The van der Waals surface area contributed by atoms with Crippen LogP contribution in [0.3, 0.4) is 0 Å². The summed E-state index contributed by atoms with van der Waals surface area (Å²) in [6.45, 7) is 5.25. The summed E-state index contributed by atoms with van der Waals surface area (Å²) in [7, 11) is 0. The van der Waals surface area contributed by atoms with E-state index in [0.717, 1.165) is 11.1 Å². The van der Waals surface area contributed by atoms with Gasteiger partial charge >= 0.3 is 5.97 Å². The molecule has 1 heterocycles. The molecule has 1 amide bonds. The maximum atomic E-state index is 11.7. The third-order valence-corrected chi connectivity index (χ3v) is 2.95. The van der Waals surface area contributed by atoms with Crippen LogP contribution in [0.15, 0.2) is 28.8 Å². The summed E-state index contributed by atoms with van der Waals surface area (Å²) in [6, 6.07) is 7.01. The second-order valence-electron chi connectivity index (χ2n) is 4.76. The second kappa shape index (κ2) is 6.21. The topological polar surface area (TPSA) is 81.4 Å². The number of aromatic nitrogens is 1. The molecule has 0 spiro atoms. The van der Waals surface area contributed by atoms with Gasteiger partial charge in [-0.1, -0.05) is 11.2 Å². The van der Waals surface area contributed by atoms with Gasteiger partial charge in [0.25, 0.3) is 5.91 Å². The van der Waals surface area contributed by atoms with E-state index in [2.05, 4.69) is 10.5 Å². The Balaban J connectivity index is 1.87. The lowest BCUT2D eigenvalue weighted by Crippen LogP contribution is -2.20. The van der Waals surface area contributed by atoms with Crippen molar-refractivity contribution in [3.63, 3.8) is 0 Å². The summed E-state index contributed by atoms with van der Waals surface area (Å²) >= 11 is 0. The molecule has 0 aliphatic carbocycles. The van der Waals surface area contributed by atoms with Crippen molar-refractivity contribution in [2.45, 2.75) is 20.8 Å².